The Kier molecular flexibility index (Phi) is 5.17. The number of fused-ring (bicyclic) bond motifs is 1. The Bertz CT molecular complexity index is 775. The molecular formula is C21H24O4. The molecule has 0 amide bonds. The number of ether oxygens (including phenoxy) is 4. The van der Waals surface area contributed by atoms with E-state index in [0.717, 1.165) is 41.9 Å². The van der Waals surface area contributed by atoms with Gasteiger partial charge in [-0.2, -0.15) is 0 Å². The maximum atomic E-state index is 5.70. The molecule has 0 bridgehead atoms. The van der Waals surface area contributed by atoms with Crippen LogP contribution in [0.15, 0.2) is 36.4 Å². The quantitative estimate of drug-likeness (QED) is 0.804. The second kappa shape index (κ2) is 7.51. The summed E-state index contributed by atoms with van der Waals surface area (Å²) in [6.45, 7) is 0. The highest BCUT2D eigenvalue weighted by Gasteiger charge is 2.24. The van der Waals surface area contributed by atoms with E-state index in [9.17, 15) is 0 Å². The van der Waals surface area contributed by atoms with Crippen LogP contribution in [0.1, 0.15) is 29.5 Å². The SMILES string of the molecule is COc1ccc(C2=CCCCc3c2cc(OC)c(OC)c3OC)cc1. The van der Waals surface area contributed by atoms with Gasteiger partial charge < -0.3 is 18.9 Å². The number of hydrogen-bond donors (Lipinski definition) is 0. The Balaban J connectivity index is 2.19. The van der Waals surface area contributed by atoms with Gasteiger partial charge in [0.15, 0.2) is 11.5 Å². The Morgan fingerprint density at radius 2 is 1.52 bits per heavy atom. The van der Waals surface area contributed by atoms with Crippen molar-refractivity contribution in [2.75, 3.05) is 28.4 Å². The second-order valence-corrected chi connectivity index (χ2v) is 5.91. The molecule has 0 radical (unpaired) electrons. The Morgan fingerprint density at radius 1 is 0.800 bits per heavy atom. The molecule has 0 fully saturated rings. The average Bonchev–Trinajstić information content (AvgIpc) is 2.88. The van der Waals surface area contributed by atoms with Crippen LogP contribution >= 0.6 is 0 Å². The second-order valence-electron chi connectivity index (χ2n) is 5.91. The standard InChI is InChI=1S/C21H24O4/c1-22-15-11-9-14(10-12-15)16-7-5-6-8-17-18(16)13-19(23-2)21(25-4)20(17)24-3/h7,9-13H,5-6,8H2,1-4H3. The van der Waals surface area contributed by atoms with Crippen molar-refractivity contribution in [3.05, 3.63) is 53.1 Å². The van der Waals surface area contributed by atoms with Gasteiger partial charge in [-0.25, -0.2) is 0 Å². The average molecular weight is 340 g/mol. The van der Waals surface area contributed by atoms with E-state index in [2.05, 4.69) is 24.3 Å². The molecule has 4 nitrogen and oxygen atoms in total. The predicted molar refractivity (Wildman–Crippen MR) is 99.1 cm³/mol. The first-order valence-electron chi connectivity index (χ1n) is 8.40. The summed E-state index contributed by atoms with van der Waals surface area (Å²) in [5, 5.41) is 0. The van der Waals surface area contributed by atoms with E-state index < -0.39 is 0 Å². The van der Waals surface area contributed by atoms with Crippen molar-refractivity contribution in [3.63, 3.8) is 0 Å². The topological polar surface area (TPSA) is 36.9 Å². The van der Waals surface area contributed by atoms with Gasteiger partial charge in [-0.1, -0.05) is 18.2 Å². The molecule has 0 unspecified atom stereocenters. The molecule has 0 N–H and O–H groups in total. The zero-order chi connectivity index (χ0) is 17.8. The van der Waals surface area contributed by atoms with Gasteiger partial charge in [0.1, 0.15) is 5.75 Å². The lowest BCUT2D eigenvalue weighted by Crippen LogP contribution is -2.03. The lowest BCUT2D eigenvalue weighted by atomic mass is 9.92. The molecule has 132 valence electrons. The first-order valence-corrected chi connectivity index (χ1v) is 8.40. The highest BCUT2D eigenvalue weighted by Crippen LogP contribution is 2.46. The fourth-order valence-electron chi connectivity index (χ4n) is 3.38. The number of benzene rings is 2. The lowest BCUT2D eigenvalue weighted by Gasteiger charge is -2.20. The summed E-state index contributed by atoms with van der Waals surface area (Å²) >= 11 is 0. The van der Waals surface area contributed by atoms with Gasteiger partial charge in [0.2, 0.25) is 5.75 Å². The van der Waals surface area contributed by atoms with Crippen molar-refractivity contribution >= 4 is 5.57 Å². The molecule has 1 aliphatic rings. The third-order valence-electron chi connectivity index (χ3n) is 4.60. The molecule has 0 aromatic heterocycles. The summed E-state index contributed by atoms with van der Waals surface area (Å²) in [5.41, 5.74) is 4.64. The van der Waals surface area contributed by atoms with Crippen molar-refractivity contribution in [1.29, 1.82) is 0 Å². The van der Waals surface area contributed by atoms with Crippen LogP contribution in [0.5, 0.6) is 23.0 Å². The van der Waals surface area contributed by atoms with Crippen molar-refractivity contribution in [1.82, 2.24) is 0 Å². The van der Waals surface area contributed by atoms with Gasteiger partial charge in [-0.15, -0.1) is 0 Å². The molecular weight excluding hydrogens is 316 g/mol. The minimum absolute atomic E-state index is 0.653. The highest BCUT2D eigenvalue weighted by molar-refractivity contribution is 5.85. The van der Waals surface area contributed by atoms with Gasteiger partial charge in [-0.3, -0.25) is 0 Å². The first kappa shape index (κ1) is 17.2. The summed E-state index contributed by atoms with van der Waals surface area (Å²) in [6.07, 6.45) is 5.32. The Hall–Kier alpha value is -2.62. The normalized spacial score (nSPS) is 13.4. The number of methoxy groups -OCH3 is 4. The Morgan fingerprint density at radius 3 is 2.12 bits per heavy atom. The molecule has 0 heterocycles. The van der Waals surface area contributed by atoms with Crippen molar-refractivity contribution in [2.24, 2.45) is 0 Å². The molecule has 2 aromatic rings. The maximum absolute atomic E-state index is 5.70. The zero-order valence-corrected chi connectivity index (χ0v) is 15.2. The predicted octanol–water partition coefficient (Wildman–Crippen LogP) is 4.49. The summed E-state index contributed by atoms with van der Waals surface area (Å²) in [7, 11) is 6.65. The minimum Gasteiger partial charge on any atom is -0.497 e. The van der Waals surface area contributed by atoms with E-state index in [1.54, 1.807) is 28.4 Å². The van der Waals surface area contributed by atoms with Crippen LogP contribution in [0.3, 0.4) is 0 Å². The van der Waals surface area contributed by atoms with Crippen LogP contribution in [0, 0.1) is 0 Å². The van der Waals surface area contributed by atoms with Gasteiger partial charge in [-0.05, 0) is 54.2 Å². The van der Waals surface area contributed by atoms with Crippen LogP contribution in [0.4, 0.5) is 0 Å². The van der Waals surface area contributed by atoms with Crippen LogP contribution < -0.4 is 18.9 Å². The molecule has 0 saturated carbocycles. The van der Waals surface area contributed by atoms with Crippen LogP contribution in [0.25, 0.3) is 5.57 Å². The molecule has 0 aliphatic heterocycles. The number of rotatable bonds is 5. The van der Waals surface area contributed by atoms with Crippen molar-refractivity contribution < 1.29 is 18.9 Å². The summed E-state index contributed by atoms with van der Waals surface area (Å²) in [4.78, 5) is 0. The smallest absolute Gasteiger partial charge is 0.203 e. The van der Waals surface area contributed by atoms with E-state index in [-0.39, 0.29) is 0 Å². The molecule has 0 spiro atoms. The van der Waals surface area contributed by atoms with Gasteiger partial charge in [0.25, 0.3) is 0 Å². The van der Waals surface area contributed by atoms with E-state index in [0.29, 0.717) is 11.5 Å². The Labute approximate surface area is 149 Å². The van der Waals surface area contributed by atoms with Gasteiger partial charge in [0, 0.05) is 5.56 Å². The molecule has 2 aromatic carbocycles. The summed E-state index contributed by atoms with van der Waals surface area (Å²) in [5.74, 6) is 2.94. The fraction of sp³-hybridized carbons (Fsp3) is 0.333. The lowest BCUT2D eigenvalue weighted by molar-refractivity contribution is 0.322. The van der Waals surface area contributed by atoms with Crippen LogP contribution in [-0.4, -0.2) is 28.4 Å². The van der Waals surface area contributed by atoms with E-state index in [1.807, 2.05) is 12.1 Å². The largest absolute Gasteiger partial charge is 0.497 e. The summed E-state index contributed by atoms with van der Waals surface area (Å²) in [6, 6.07) is 10.2. The van der Waals surface area contributed by atoms with Crippen molar-refractivity contribution in [3.8, 4) is 23.0 Å². The van der Waals surface area contributed by atoms with E-state index >= 15 is 0 Å². The molecule has 0 atom stereocenters. The molecule has 1 aliphatic carbocycles. The van der Waals surface area contributed by atoms with Crippen LogP contribution in [0.2, 0.25) is 0 Å². The zero-order valence-electron chi connectivity index (χ0n) is 15.2. The fourth-order valence-corrected chi connectivity index (χ4v) is 3.38. The monoisotopic (exact) mass is 340 g/mol. The van der Waals surface area contributed by atoms with Gasteiger partial charge >= 0.3 is 0 Å². The van der Waals surface area contributed by atoms with Crippen molar-refractivity contribution in [2.45, 2.75) is 19.3 Å². The first-order chi connectivity index (χ1) is 12.2. The molecule has 25 heavy (non-hydrogen) atoms. The molecule has 4 heteroatoms. The van der Waals surface area contributed by atoms with E-state index in [4.69, 9.17) is 18.9 Å². The number of allylic oxidation sites excluding steroid dienone is 1. The van der Waals surface area contributed by atoms with Gasteiger partial charge in [0.05, 0.1) is 28.4 Å². The van der Waals surface area contributed by atoms with E-state index in [1.165, 1.54) is 11.1 Å². The summed E-state index contributed by atoms with van der Waals surface area (Å²) < 4.78 is 22.1. The molecule has 3 rings (SSSR count). The highest BCUT2D eigenvalue weighted by atomic mass is 16.5. The third kappa shape index (κ3) is 3.16. The maximum Gasteiger partial charge on any atom is 0.203 e. The van der Waals surface area contributed by atoms with Crippen LogP contribution in [-0.2, 0) is 6.42 Å². The minimum atomic E-state index is 0.653. The number of hydrogen-bond acceptors (Lipinski definition) is 4. The third-order valence-corrected chi connectivity index (χ3v) is 4.60. The molecule has 0 saturated heterocycles.